The van der Waals surface area contributed by atoms with Gasteiger partial charge in [0, 0.05) is 11.8 Å². The Labute approximate surface area is 138 Å². The van der Waals surface area contributed by atoms with E-state index >= 15 is 0 Å². The molecule has 23 heavy (non-hydrogen) atoms. The lowest BCUT2D eigenvalue weighted by molar-refractivity contribution is -0.125. The molecule has 0 radical (unpaired) electrons. The first-order valence-corrected chi connectivity index (χ1v) is 8.31. The summed E-state index contributed by atoms with van der Waals surface area (Å²) >= 11 is 0. The van der Waals surface area contributed by atoms with Crippen LogP contribution in [0.3, 0.4) is 0 Å². The van der Waals surface area contributed by atoms with Crippen molar-refractivity contribution in [2.75, 3.05) is 14.2 Å². The first-order valence-electron chi connectivity index (χ1n) is 8.31. The molecule has 3 unspecified atom stereocenters. The summed E-state index contributed by atoms with van der Waals surface area (Å²) in [6.07, 6.45) is 0.909. The van der Waals surface area contributed by atoms with E-state index in [4.69, 9.17) is 9.47 Å². The molecule has 2 aliphatic rings. The fourth-order valence-electron chi connectivity index (χ4n) is 4.84. The molecule has 2 bridgehead atoms. The monoisotopic (exact) mass is 314 g/mol. The number of carbonyl (C=O) groups is 1. The van der Waals surface area contributed by atoms with Crippen molar-refractivity contribution in [3.05, 3.63) is 35.9 Å². The van der Waals surface area contributed by atoms with E-state index < -0.39 is 5.41 Å². The van der Waals surface area contributed by atoms with Gasteiger partial charge in [0.2, 0.25) is 0 Å². The Hall–Kier alpha value is -1.77. The summed E-state index contributed by atoms with van der Waals surface area (Å²) in [5, 5.41) is 0. The Kier molecular flexibility index (Phi) is 3.78. The summed E-state index contributed by atoms with van der Waals surface area (Å²) in [5.74, 6) is 2.90. The minimum Gasteiger partial charge on any atom is -0.493 e. The van der Waals surface area contributed by atoms with E-state index in [0.717, 1.165) is 29.1 Å². The largest absolute Gasteiger partial charge is 0.493 e. The number of ether oxygens (including phenoxy) is 2. The molecule has 0 aromatic heterocycles. The minimum atomic E-state index is -0.445. The molecule has 124 valence electrons. The quantitative estimate of drug-likeness (QED) is 0.780. The second kappa shape index (κ2) is 5.40. The maximum atomic E-state index is 13.0. The summed E-state index contributed by atoms with van der Waals surface area (Å²) in [5.41, 5.74) is 1.82. The Bertz CT molecular complexity index is 661. The predicted molar refractivity (Wildman–Crippen MR) is 91.0 cm³/mol. The van der Waals surface area contributed by atoms with Crippen LogP contribution in [0.4, 0.5) is 0 Å². The van der Waals surface area contributed by atoms with E-state index in [1.807, 2.05) is 12.1 Å². The topological polar surface area (TPSA) is 35.5 Å². The maximum absolute atomic E-state index is 13.0. The number of allylic oxidation sites excluding steroid dienone is 1. The maximum Gasteiger partial charge on any atom is 0.160 e. The lowest BCUT2D eigenvalue weighted by Crippen LogP contribution is -2.30. The number of carbonyl (C=O) groups excluding carboxylic acids is 1. The van der Waals surface area contributed by atoms with Gasteiger partial charge in [-0.15, -0.1) is 0 Å². The van der Waals surface area contributed by atoms with Crippen molar-refractivity contribution in [3.8, 4) is 11.5 Å². The van der Waals surface area contributed by atoms with E-state index in [1.54, 1.807) is 14.2 Å². The number of Topliss-reactive ketones (excluding diaryl/α,β-unsaturated/α-hetero) is 1. The van der Waals surface area contributed by atoms with Gasteiger partial charge in [-0.25, -0.2) is 0 Å². The summed E-state index contributed by atoms with van der Waals surface area (Å²) in [6, 6.07) is 6.00. The molecule has 2 saturated carbocycles. The van der Waals surface area contributed by atoms with Crippen molar-refractivity contribution in [2.24, 2.45) is 23.2 Å². The SMILES string of the molecule is C=C1C(C(C)C)C2CC(c3ccc(OC)c(OC)c3)[C@@]1(C)C2=O. The zero-order valence-corrected chi connectivity index (χ0v) is 14.7. The number of methoxy groups -OCH3 is 2. The third kappa shape index (κ3) is 2.05. The Balaban J connectivity index is 2.01. The summed E-state index contributed by atoms with van der Waals surface area (Å²) < 4.78 is 10.8. The highest BCUT2D eigenvalue weighted by Crippen LogP contribution is 2.65. The molecule has 1 aromatic rings. The lowest BCUT2D eigenvalue weighted by atomic mass is 9.65. The number of ketones is 1. The fraction of sp³-hybridized carbons (Fsp3) is 0.550. The van der Waals surface area contributed by atoms with Gasteiger partial charge < -0.3 is 9.47 Å². The first kappa shape index (κ1) is 16.1. The highest BCUT2D eigenvalue weighted by Gasteiger charge is 2.63. The number of benzene rings is 1. The van der Waals surface area contributed by atoms with Crippen molar-refractivity contribution in [1.82, 2.24) is 0 Å². The van der Waals surface area contributed by atoms with Gasteiger partial charge in [-0.1, -0.05) is 32.1 Å². The Morgan fingerprint density at radius 3 is 2.39 bits per heavy atom. The third-order valence-electron chi connectivity index (χ3n) is 6.07. The van der Waals surface area contributed by atoms with Crippen molar-refractivity contribution < 1.29 is 14.3 Å². The standard InChI is InChI=1S/C20H26O3/c1-11(2)18-12(3)20(4)15(10-14(18)19(20)21)13-7-8-16(22-5)17(9-13)23-6/h7-9,11,14-15,18H,3,10H2,1-2,4-6H3/t14?,15?,18?,20-/m0/s1. The van der Waals surface area contributed by atoms with E-state index in [9.17, 15) is 4.79 Å². The average molecular weight is 314 g/mol. The average Bonchev–Trinajstić information content (AvgIpc) is 2.90. The van der Waals surface area contributed by atoms with Crippen molar-refractivity contribution in [1.29, 1.82) is 0 Å². The van der Waals surface area contributed by atoms with Crippen LogP contribution in [-0.4, -0.2) is 20.0 Å². The van der Waals surface area contributed by atoms with Crippen LogP contribution in [0.2, 0.25) is 0 Å². The lowest BCUT2D eigenvalue weighted by Gasteiger charge is -2.37. The molecule has 0 N–H and O–H groups in total. The molecule has 0 spiro atoms. The Morgan fingerprint density at radius 1 is 1.22 bits per heavy atom. The highest BCUT2D eigenvalue weighted by molar-refractivity contribution is 5.97. The van der Waals surface area contributed by atoms with Gasteiger partial charge in [0.05, 0.1) is 19.6 Å². The van der Waals surface area contributed by atoms with Crippen LogP contribution in [0.5, 0.6) is 11.5 Å². The molecule has 0 saturated heterocycles. The molecule has 4 atom stereocenters. The van der Waals surface area contributed by atoms with Gasteiger partial charge in [-0.3, -0.25) is 4.79 Å². The molecular weight excluding hydrogens is 288 g/mol. The van der Waals surface area contributed by atoms with Crippen LogP contribution in [0.15, 0.2) is 30.4 Å². The van der Waals surface area contributed by atoms with Crippen LogP contribution in [0.1, 0.15) is 38.7 Å². The second-order valence-corrected chi connectivity index (χ2v) is 7.37. The molecule has 3 heteroatoms. The molecule has 0 amide bonds. The van der Waals surface area contributed by atoms with Gasteiger partial charge >= 0.3 is 0 Å². The predicted octanol–water partition coefficient (Wildman–Crippen LogP) is 4.22. The van der Waals surface area contributed by atoms with Gasteiger partial charge in [0.25, 0.3) is 0 Å². The molecular formula is C20H26O3. The number of hydrogen-bond acceptors (Lipinski definition) is 3. The second-order valence-electron chi connectivity index (χ2n) is 7.37. The molecule has 0 aliphatic heterocycles. The zero-order valence-electron chi connectivity index (χ0n) is 14.7. The summed E-state index contributed by atoms with van der Waals surface area (Å²) in [7, 11) is 3.28. The molecule has 2 fully saturated rings. The molecule has 3 nitrogen and oxygen atoms in total. The smallest absolute Gasteiger partial charge is 0.160 e. The third-order valence-corrected chi connectivity index (χ3v) is 6.07. The van der Waals surface area contributed by atoms with Crippen molar-refractivity contribution in [2.45, 2.75) is 33.1 Å². The Morgan fingerprint density at radius 2 is 1.87 bits per heavy atom. The molecule has 2 aliphatic carbocycles. The van der Waals surface area contributed by atoms with Crippen molar-refractivity contribution in [3.63, 3.8) is 0 Å². The minimum absolute atomic E-state index is 0.116. The molecule has 1 aromatic carbocycles. The number of fused-ring (bicyclic) bond motifs is 2. The fourth-order valence-corrected chi connectivity index (χ4v) is 4.84. The van der Waals surface area contributed by atoms with E-state index in [2.05, 4.69) is 33.4 Å². The number of rotatable bonds is 4. The van der Waals surface area contributed by atoms with Gasteiger partial charge in [0.1, 0.15) is 5.78 Å². The normalized spacial score (nSPS) is 32.7. The van der Waals surface area contributed by atoms with Crippen LogP contribution in [-0.2, 0) is 4.79 Å². The van der Waals surface area contributed by atoms with Crippen LogP contribution in [0, 0.1) is 23.2 Å². The van der Waals surface area contributed by atoms with E-state index in [-0.39, 0.29) is 11.8 Å². The van der Waals surface area contributed by atoms with E-state index in [1.165, 1.54) is 0 Å². The van der Waals surface area contributed by atoms with E-state index in [0.29, 0.717) is 17.6 Å². The summed E-state index contributed by atoms with van der Waals surface area (Å²) in [4.78, 5) is 13.0. The van der Waals surface area contributed by atoms with Crippen molar-refractivity contribution >= 4 is 5.78 Å². The van der Waals surface area contributed by atoms with Crippen LogP contribution >= 0.6 is 0 Å². The number of hydrogen-bond donors (Lipinski definition) is 0. The van der Waals surface area contributed by atoms with Gasteiger partial charge in [0.15, 0.2) is 11.5 Å². The van der Waals surface area contributed by atoms with Crippen LogP contribution < -0.4 is 9.47 Å². The zero-order chi connectivity index (χ0) is 16.9. The highest BCUT2D eigenvalue weighted by atomic mass is 16.5. The summed E-state index contributed by atoms with van der Waals surface area (Å²) in [6.45, 7) is 10.8. The molecule has 0 heterocycles. The van der Waals surface area contributed by atoms with Gasteiger partial charge in [-0.05, 0) is 42.9 Å². The van der Waals surface area contributed by atoms with Crippen LogP contribution in [0.25, 0.3) is 0 Å². The van der Waals surface area contributed by atoms with Gasteiger partial charge in [-0.2, -0.15) is 0 Å². The first-order chi connectivity index (χ1) is 10.9. The molecule has 3 rings (SSSR count).